The third-order valence-electron chi connectivity index (χ3n) is 6.26. The third kappa shape index (κ3) is 3.76. The van der Waals surface area contributed by atoms with Crippen molar-refractivity contribution in [3.8, 4) is 0 Å². The van der Waals surface area contributed by atoms with E-state index in [1.54, 1.807) is 0 Å². The zero-order valence-electron chi connectivity index (χ0n) is 13.9. The Hall–Kier alpha value is -0.0800. The second kappa shape index (κ2) is 7.26. The van der Waals surface area contributed by atoms with Gasteiger partial charge in [-0.3, -0.25) is 4.90 Å². The van der Waals surface area contributed by atoms with E-state index in [-0.39, 0.29) is 5.54 Å². The highest BCUT2D eigenvalue weighted by atomic mass is 15.2. The molecule has 2 heteroatoms. The highest BCUT2D eigenvalue weighted by Gasteiger charge is 2.40. The quantitative estimate of drug-likeness (QED) is 0.703. The number of likely N-dealkylation sites (tertiary alicyclic amines) is 1. The summed E-state index contributed by atoms with van der Waals surface area (Å²) in [7, 11) is 0. The van der Waals surface area contributed by atoms with Crippen LogP contribution in [0.15, 0.2) is 0 Å². The number of hydrogen-bond donors (Lipinski definition) is 1. The van der Waals surface area contributed by atoms with Crippen molar-refractivity contribution < 1.29 is 0 Å². The fourth-order valence-electron chi connectivity index (χ4n) is 4.47. The van der Waals surface area contributed by atoms with Crippen LogP contribution in [0.4, 0.5) is 0 Å². The molecule has 1 heterocycles. The van der Waals surface area contributed by atoms with Gasteiger partial charge in [0.2, 0.25) is 0 Å². The molecule has 1 saturated carbocycles. The first-order chi connectivity index (χ1) is 9.64. The Balaban J connectivity index is 1.82. The number of rotatable bonds is 7. The molecule has 2 fully saturated rings. The summed E-state index contributed by atoms with van der Waals surface area (Å²) >= 11 is 0. The normalized spacial score (nSPS) is 25.9. The van der Waals surface area contributed by atoms with Crippen molar-refractivity contribution in [2.24, 2.45) is 11.1 Å². The average molecular weight is 280 g/mol. The predicted molar refractivity (Wildman–Crippen MR) is 87.9 cm³/mol. The molecule has 1 saturated heterocycles. The first kappa shape index (κ1) is 16.3. The lowest BCUT2D eigenvalue weighted by atomic mass is 9.75. The van der Waals surface area contributed by atoms with E-state index in [0.717, 1.165) is 12.0 Å². The van der Waals surface area contributed by atoms with Crippen molar-refractivity contribution in [1.29, 1.82) is 0 Å². The van der Waals surface area contributed by atoms with Crippen LogP contribution in [0.1, 0.15) is 84.5 Å². The molecule has 1 aliphatic carbocycles. The first-order valence-corrected chi connectivity index (χ1v) is 9.09. The van der Waals surface area contributed by atoms with Crippen molar-refractivity contribution in [2.75, 3.05) is 19.6 Å². The summed E-state index contributed by atoms with van der Waals surface area (Å²) < 4.78 is 0. The van der Waals surface area contributed by atoms with E-state index in [0.29, 0.717) is 0 Å². The molecule has 0 aromatic heterocycles. The van der Waals surface area contributed by atoms with Crippen LogP contribution in [0.25, 0.3) is 0 Å². The standard InChI is InChI=1S/C18H36N2/c1-3-4-5-6-9-17(2,16-19)20-14-12-18(13-15-20)10-7-8-11-18/h3-16,19H2,1-2H3. The van der Waals surface area contributed by atoms with Gasteiger partial charge in [0.15, 0.2) is 0 Å². The maximum Gasteiger partial charge on any atom is 0.0303 e. The molecule has 118 valence electrons. The second-order valence-corrected chi connectivity index (χ2v) is 7.71. The van der Waals surface area contributed by atoms with Crippen molar-refractivity contribution in [2.45, 2.75) is 90.0 Å². The maximum atomic E-state index is 6.16. The summed E-state index contributed by atoms with van der Waals surface area (Å²) in [5, 5.41) is 0. The molecule has 1 atom stereocenters. The van der Waals surface area contributed by atoms with E-state index in [4.69, 9.17) is 5.73 Å². The van der Waals surface area contributed by atoms with Crippen molar-refractivity contribution in [1.82, 2.24) is 4.90 Å². The van der Waals surface area contributed by atoms with Gasteiger partial charge in [-0.25, -0.2) is 0 Å². The SMILES string of the molecule is CCCCCCC(C)(CN)N1CCC2(CCCC2)CC1. The van der Waals surface area contributed by atoms with Crippen molar-refractivity contribution >= 4 is 0 Å². The summed E-state index contributed by atoms with van der Waals surface area (Å²) in [6.45, 7) is 8.11. The van der Waals surface area contributed by atoms with Crippen molar-refractivity contribution in [3.63, 3.8) is 0 Å². The van der Waals surface area contributed by atoms with Gasteiger partial charge in [-0.1, -0.05) is 45.4 Å². The molecule has 2 aliphatic rings. The van der Waals surface area contributed by atoms with Gasteiger partial charge in [-0.2, -0.15) is 0 Å². The average Bonchev–Trinajstić information content (AvgIpc) is 2.92. The Morgan fingerprint density at radius 3 is 2.20 bits per heavy atom. The Labute approximate surface area is 126 Å². The molecule has 2 N–H and O–H groups in total. The van der Waals surface area contributed by atoms with Crippen LogP contribution in [0.3, 0.4) is 0 Å². The van der Waals surface area contributed by atoms with Crippen LogP contribution < -0.4 is 5.73 Å². The molecule has 0 aromatic rings. The number of nitrogens with two attached hydrogens (primary N) is 1. The number of piperidine rings is 1. The Kier molecular flexibility index (Phi) is 5.92. The molecule has 1 aliphatic heterocycles. The van der Waals surface area contributed by atoms with Crippen LogP contribution in [0.5, 0.6) is 0 Å². The fourth-order valence-corrected chi connectivity index (χ4v) is 4.47. The molecule has 0 aromatic carbocycles. The van der Waals surface area contributed by atoms with Gasteiger partial charge in [-0.05, 0) is 57.5 Å². The minimum absolute atomic E-state index is 0.258. The molecule has 1 unspecified atom stereocenters. The van der Waals surface area contributed by atoms with Gasteiger partial charge in [0.25, 0.3) is 0 Å². The van der Waals surface area contributed by atoms with E-state index in [9.17, 15) is 0 Å². The monoisotopic (exact) mass is 280 g/mol. The van der Waals surface area contributed by atoms with Gasteiger partial charge < -0.3 is 5.73 Å². The highest BCUT2D eigenvalue weighted by molar-refractivity contribution is 4.95. The molecule has 2 rings (SSSR count). The van der Waals surface area contributed by atoms with E-state index in [1.165, 1.54) is 83.7 Å². The highest BCUT2D eigenvalue weighted by Crippen LogP contribution is 2.47. The second-order valence-electron chi connectivity index (χ2n) is 7.71. The van der Waals surface area contributed by atoms with Gasteiger partial charge >= 0.3 is 0 Å². The van der Waals surface area contributed by atoms with E-state index in [2.05, 4.69) is 18.7 Å². The molecule has 2 nitrogen and oxygen atoms in total. The third-order valence-corrected chi connectivity index (χ3v) is 6.26. The zero-order valence-corrected chi connectivity index (χ0v) is 13.9. The molecule has 20 heavy (non-hydrogen) atoms. The topological polar surface area (TPSA) is 29.3 Å². The van der Waals surface area contributed by atoms with Crippen LogP contribution in [-0.2, 0) is 0 Å². The van der Waals surface area contributed by atoms with Crippen molar-refractivity contribution in [3.05, 3.63) is 0 Å². The van der Waals surface area contributed by atoms with E-state index in [1.807, 2.05) is 0 Å². The Bertz CT molecular complexity index is 273. The molecule has 0 amide bonds. The molecule has 1 spiro atoms. The summed E-state index contributed by atoms with van der Waals surface area (Å²) in [6, 6.07) is 0. The minimum atomic E-state index is 0.258. The zero-order chi connectivity index (χ0) is 14.5. The van der Waals surface area contributed by atoms with Gasteiger partial charge in [0, 0.05) is 12.1 Å². The number of hydrogen-bond acceptors (Lipinski definition) is 2. The minimum Gasteiger partial charge on any atom is -0.329 e. The van der Waals surface area contributed by atoms with Crippen LogP contribution in [0, 0.1) is 5.41 Å². The number of nitrogens with zero attached hydrogens (tertiary/aromatic N) is 1. The molecular formula is C18H36N2. The van der Waals surface area contributed by atoms with Gasteiger partial charge in [0.05, 0.1) is 0 Å². The van der Waals surface area contributed by atoms with Crippen LogP contribution >= 0.6 is 0 Å². The molecule has 0 radical (unpaired) electrons. The Morgan fingerprint density at radius 2 is 1.65 bits per heavy atom. The summed E-state index contributed by atoms with van der Waals surface area (Å²) in [5.41, 5.74) is 7.14. The van der Waals surface area contributed by atoms with E-state index < -0.39 is 0 Å². The lowest BCUT2D eigenvalue weighted by Gasteiger charge is -2.48. The van der Waals surface area contributed by atoms with Gasteiger partial charge in [-0.15, -0.1) is 0 Å². The maximum absolute atomic E-state index is 6.16. The Morgan fingerprint density at radius 1 is 1.00 bits per heavy atom. The fraction of sp³-hybridized carbons (Fsp3) is 1.00. The van der Waals surface area contributed by atoms with E-state index >= 15 is 0 Å². The predicted octanol–water partition coefficient (Wildman–Crippen LogP) is 4.33. The molecule has 0 bridgehead atoms. The summed E-state index contributed by atoms with van der Waals surface area (Å²) in [5.74, 6) is 0. The number of unbranched alkanes of at least 4 members (excludes halogenated alkanes) is 3. The van der Waals surface area contributed by atoms with Gasteiger partial charge in [0.1, 0.15) is 0 Å². The first-order valence-electron chi connectivity index (χ1n) is 9.09. The van der Waals surface area contributed by atoms with Crippen LogP contribution in [-0.4, -0.2) is 30.1 Å². The summed E-state index contributed by atoms with van der Waals surface area (Å²) in [4.78, 5) is 2.72. The van der Waals surface area contributed by atoms with Crippen LogP contribution in [0.2, 0.25) is 0 Å². The summed E-state index contributed by atoms with van der Waals surface area (Å²) in [6.07, 6.45) is 15.5. The largest absolute Gasteiger partial charge is 0.329 e. The lowest BCUT2D eigenvalue weighted by Crippen LogP contribution is -2.55. The molecular weight excluding hydrogens is 244 g/mol. The lowest BCUT2D eigenvalue weighted by molar-refractivity contribution is 0.0255. The smallest absolute Gasteiger partial charge is 0.0303 e.